The number of nitrogens with one attached hydrogen (secondary N) is 1. The number of rotatable bonds is 3. The van der Waals surface area contributed by atoms with Crippen molar-refractivity contribution in [2.75, 3.05) is 0 Å². The third-order valence-electron chi connectivity index (χ3n) is 2.83. The fourth-order valence-corrected chi connectivity index (χ4v) is 2.88. The highest BCUT2D eigenvalue weighted by atomic mass is 35.5. The summed E-state index contributed by atoms with van der Waals surface area (Å²) in [5.74, 6) is 0.932. The van der Waals surface area contributed by atoms with Crippen molar-refractivity contribution in [1.29, 1.82) is 5.41 Å². The van der Waals surface area contributed by atoms with Gasteiger partial charge in [-0.25, -0.2) is 0 Å². The van der Waals surface area contributed by atoms with Crippen LogP contribution in [-0.4, -0.2) is 5.84 Å². The molecule has 0 aliphatic carbocycles. The highest BCUT2D eigenvalue weighted by Crippen LogP contribution is 2.29. The van der Waals surface area contributed by atoms with Gasteiger partial charge in [0, 0.05) is 10.1 Å². The molecule has 0 aliphatic rings. The summed E-state index contributed by atoms with van der Waals surface area (Å²) in [6, 6.07) is 11.8. The van der Waals surface area contributed by atoms with Crippen molar-refractivity contribution >= 4 is 51.8 Å². The van der Waals surface area contributed by atoms with Crippen molar-refractivity contribution in [1.82, 2.24) is 0 Å². The van der Waals surface area contributed by atoms with Crippen molar-refractivity contribution in [3.05, 3.63) is 58.9 Å². The number of hydrogen-bond acceptors (Lipinski definition) is 3. The number of fused-ring (bicyclic) bond motifs is 1. The molecule has 0 bridgehead atoms. The second-order valence-corrected chi connectivity index (χ2v) is 5.22. The van der Waals surface area contributed by atoms with Gasteiger partial charge in [0.2, 0.25) is 0 Å². The Labute approximate surface area is 126 Å². The lowest BCUT2D eigenvalue weighted by Gasteiger charge is -1.95. The van der Waals surface area contributed by atoms with Crippen LogP contribution in [-0.2, 0) is 0 Å². The van der Waals surface area contributed by atoms with Crippen LogP contribution >= 0.6 is 23.7 Å². The van der Waals surface area contributed by atoms with E-state index in [1.165, 1.54) is 11.3 Å². The Morgan fingerprint density at radius 3 is 2.75 bits per heavy atom. The molecule has 2 aromatic heterocycles. The van der Waals surface area contributed by atoms with Gasteiger partial charge in [-0.1, -0.05) is 18.2 Å². The molecule has 0 aliphatic heterocycles. The average Bonchev–Trinajstić information content (AvgIpc) is 3.05. The molecule has 1 aromatic carbocycles. The summed E-state index contributed by atoms with van der Waals surface area (Å²) in [5, 5.41) is 8.62. The number of nitrogen functional groups attached to an aromatic ring is 1. The zero-order valence-corrected chi connectivity index (χ0v) is 12.1. The number of halogens is 1. The lowest BCUT2D eigenvalue weighted by Crippen LogP contribution is -2.08. The van der Waals surface area contributed by atoms with Gasteiger partial charge in [-0.05, 0) is 35.9 Å². The Morgan fingerprint density at radius 1 is 1.20 bits per heavy atom. The maximum Gasteiger partial charge on any atom is 0.133 e. The molecule has 3 aromatic rings. The van der Waals surface area contributed by atoms with Crippen molar-refractivity contribution in [3.8, 4) is 0 Å². The first kappa shape index (κ1) is 14.4. The quantitative estimate of drug-likeness (QED) is 0.557. The first-order valence-corrected chi connectivity index (χ1v) is 6.64. The molecular formula is C15H13ClN2OS. The number of nitrogens with two attached hydrogens (primary N) is 1. The number of hydrogen-bond donors (Lipinski definition) is 2. The molecule has 0 spiro atoms. The zero-order valence-electron chi connectivity index (χ0n) is 10.5. The SMILES string of the molecule is Cl.N=C(N)c1cc2c(/C=C/c3ccco3)cccc2s1. The summed E-state index contributed by atoms with van der Waals surface area (Å²) in [4.78, 5) is 0.800. The fourth-order valence-electron chi connectivity index (χ4n) is 1.92. The topological polar surface area (TPSA) is 63.0 Å². The van der Waals surface area contributed by atoms with Crippen molar-refractivity contribution < 1.29 is 4.42 Å². The summed E-state index contributed by atoms with van der Waals surface area (Å²) in [7, 11) is 0. The van der Waals surface area contributed by atoms with Crippen LogP contribution < -0.4 is 5.73 Å². The van der Waals surface area contributed by atoms with E-state index in [-0.39, 0.29) is 18.2 Å². The third kappa shape index (κ3) is 2.76. The first-order valence-electron chi connectivity index (χ1n) is 5.82. The van der Waals surface area contributed by atoms with Gasteiger partial charge in [0.15, 0.2) is 0 Å². The fraction of sp³-hybridized carbons (Fsp3) is 0. The van der Waals surface area contributed by atoms with Crippen molar-refractivity contribution in [2.24, 2.45) is 5.73 Å². The minimum atomic E-state index is 0. The maximum absolute atomic E-state index is 7.51. The summed E-state index contributed by atoms with van der Waals surface area (Å²) in [5.41, 5.74) is 6.63. The van der Waals surface area contributed by atoms with E-state index >= 15 is 0 Å². The van der Waals surface area contributed by atoms with Gasteiger partial charge in [0.1, 0.15) is 11.6 Å². The standard InChI is InChI=1S/C15H12N2OS.ClH/c16-15(17)14-9-12-10(3-1-5-13(12)19-14)6-7-11-4-2-8-18-11;/h1-9H,(H3,16,17);1H/b7-6+;. The molecular weight excluding hydrogens is 292 g/mol. The number of thiophene rings is 1. The second-order valence-electron chi connectivity index (χ2n) is 4.13. The van der Waals surface area contributed by atoms with Gasteiger partial charge in [0.25, 0.3) is 0 Å². The molecule has 3 N–H and O–H groups in total. The molecule has 0 atom stereocenters. The van der Waals surface area contributed by atoms with E-state index < -0.39 is 0 Å². The van der Waals surface area contributed by atoms with Gasteiger partial charge >= 0.3 is 0 Å². The van der Waals surface area contributed by atoms with E-state index in [1.807, 2.05) is 48.6 Å². The lowest BCUT2D eigenvalue weighted by molar-refractivity contribution is 0.557. The molecule has 0 saturated heterocycles. The van der Waals surface area contributed by atoms with E-state index in [2.05, 4.69) is 0 Å². The monoisotopic (exact) mass is 304 g/mol. The molecule has 0 saturated carbocycles. The van der Waals surface area contributed by atoms with E-state index in [0.717, 1.165) is 26.3 Å². The molecule has 3 nitrogen and oxygen atoms in total. The smallest absolute Gasteiger partial charge is 0.133 e. The number of furan rings is 1. The lowest BCUT2D eigenvalue weighted by atomic mass is 10.1. The predicted octanol–water partition coefficient (Wildman–Crippen LogP) is 4.37. The van der Waals surface area contributed by atoms with Crippen LogP contribution in [0.25, 0.3) is 22.2 Å². The van der Waals surface area contributed by atoms with Crippen molar-refractivity contribution in [3.63, 3.8) is 0 Å². The normalized spacial score (nSPS) is 10.8. The summed E-state index contributed by atoms with van der Waals surface area (Å²) >= 11 is 1.54. The van der Waals surface area contributed by atoms with Gasteiger partial charge in [-0.2, -0.15) is 0 Å². The Hall–Kier alpha value is -2.04. The minimum Gasteiger partial charge on any atom is -0.465 e. The Bertz CT molecular complexity index is 759. The Balaban J connectivity index is 0.00000147. The van der Waals surface area contributed by atoms with Gasteiger partial charge in [-0.15, -0.1) is 23.7 Å². The summed E-state index contributed by atoms with van der Waals surface area (Å²) in [6.45, 7) is 0. The van der Waals surface area contributed by atoms with Gasteiger partial charge < -0.3 is 10.2 Å². The Kier molecular flexibility index (Phi) is 4.27. The number of amidine groups is 1. The van der Waals surface area contributed by atoms with Crippen LogP contribution in [0.3, 0.4) is 0 Å². The Morgan fingerprint density at radius 2 is 2.05 bits per heavy atom. The van der Waals surface area contributed by atoms with E-state index in [1.54, 1.807) is 6.26 Å². The van der Waals surface area contributed by atoms with Crippen LogP contribution in [0.2, 0.25) is 0 Å². The van der Waals surface area contributed by atoms with Crippen molar-refractivity contribution in [2.45, 2.75) is 0 Å². The minimum absolute atomic E-state index is 0. The molecule has 102 valence electrons. The molecule has 20 heavy (non-hydrogen) atoms. The third-order valence-corrected chi connectivity index (χ3v) is 3.96. The number of benzene rings is 1. The highest BCUT2D eigenvalue weighted by molar-refractivity contribution is 7.20. The summed E-state index contributed by atoms with van der Waals surface area (Å²) < 4.78 is 6.40. The predicted molar refractivity (Wildman–Crippen MR) is 87.7 cm³/mol. The van der Waals surface area contributed by atoms with Crippen LogP contribution in [0.4, 0.5) is 0 Å². The van der Waals surface area contributed by atoms with Crippen LogP contribution in [0.5, 0.6) is 0 Å². The van der Waals surface area contributed by atoms with Gasteiger partial charge in [-0.3, -0.25) is 5.41 Å². The summed E-state index contributed by atoms with van der Waals surface area (Å²) in [6.07, 6.45) is 5.59. The molecule has 2 heterocycles. The molecule has 5 heteroatoms. The maximum atomic E-state index is 7.51. The van der Waals surface area contributed by atoms with Crippen LogP contribution in [0.15, 0.2) is 47.1 Å². The molecule has 0 amide bonds. The largest absolute Gasteiger partial charge is 0.465 e. The van der Waals surface area contributed by atoms with E-state index in [4.69, 9.17) is 15.6 Å². The van der Waals surface area contributed by atoms with E-state index in [9.17, 15) is 0 Å². The van der Waals surface area contributed by atoms with Crippen LogP contribution in [0.1, 0.15) is 16.2 Å². The molecule has 0 radical (unpaired) electrons. The highest BCUT2D eigenvalue weighted by Gasteiger charge is 2.06. The molecule has 3 rings (SSSR count). The average molecular weight is 305 g/mol. The first-order chi connectivity index (χ1) is 9.24. The van der Waals surface area contributed by atoms with Gasteiger partial charge in [0.05, 0.1) is 11.1 Å². The molecule has 0 unspecified atom stereocenters. The second kappa shape index (κ2) is 5.94. The van der Waals surface area contributed by atoms with E-state index in [0.29, 0.717) is 0 Å². The van der Waals surface area contributed by atoms with Crippen LogP contribution in [0, 0.1) is 5.41 Å². The zero-order chi connectivity index (χ0) is 13.2. The molecule has 0 fully saturated rings.